The van der Waals surface area contributed by atoms with Crippen molar-refractivity contribution < 1.29 is 4.74 Å². The average molecular weight is 345 g/mol. The maximum absolute atomic E-state index is 8.47. The Morgan fingerprint density at radius 2 is 2.00 bits per heavy atom. The van der Waals surface area contributed by atoms with Gasteiger partial charge < -0.3 is 10.1 Å². The molecule has 0 bridgehead atoms. The van der Waals surface area contributed by atoms with E-state index < -0.39 is 0 Å². The number of nitrogens with one attached hydrogen (secondary N) is 1. The molecule has 0 aliphatic rings. The van der Waals surface area contributed by atoms with Gasteiger partial charge in [-0.15, -0.1) is 0 Å². The highest BCUT2D eigenvalue weighted by atomic mass is 79.9. The van der Waals surface area contributed by atoms with Crippen LogP contribution < -0.4 is 10.1 Å². The van der Waals surface area contributed by atoms with Crippen LogP contribution in [0.25, 0.3) is 0 Å². The van der Waals surface area contributed by atoms with E-state index in [1.165, 1.54) is 11.1 Å². The predicted octanol–water partition coefficient (Wildman–Crippen LogP) is 4.20. The highest BCUT2D eigenvalue weighted by Gasteiger charge is 2.05. The lowest BCUT2D eigenvalue weighted by Gasteiger charge is -2.15. The largest absolute Gasteiger partial charge is 0.479 e. The van der Waals surface area contributed by atoms with Crippen LogP contribution >= 0.6 is 15.9 Å². The molecule has 0 spiro atoms. The van der Waals surface area contributed by atoms with Crippen molar-refractivity contribution in [3.8, 4) is 11.8 Å². The molecule has 1 unspecified atom stereocenters. The Kier molecular flexibility index (Phi) is 5.79. The third-order valence-corrected chi connectivity index (χ3v) is 3.68. The molecule has 0 aliphatic heterocycles. The maximum Gasteiger partial charge on any atom is 0.174 e. The standard InChI is InChI=1S/C17H17BrN2O/c1-13(15-3-2-4-16(18)11-15)20-12-14-5-7-17(8-6-14)21-10-9-19/h2-8,11,13,20H,10,12H2,1H3. The molecule has 0 saturated carbocycles. The summed E-state index contributed by atoms with van der Waals surface area (Å²) < 4.78 is 6.32. The minimum Gasteiger partial charge on any atom is -0.479 e. The third kappa shape index (κ3) is 4.89. The molecule has 2 rings (SSSR count). The van der Waals surface area contributed by atoms with Crippen molar-refractivity contribution in [2.24, 2.45) is 0 Å². The van der Waals surface area contributed by atoms with E-state index in [1.54, 1.807) is 0 Å². The highest BCUT2D eigenvalue weighted by molar-refractivity contribution is 9.10. The Bertz CT molecular complexity index is 619. The Balaban J connectivity index is 1.89. The number of rotatable bonds is 6. The minimum atomic E-state index is 0.0809. The number of halogens is 1. The van der Waals surface area contributed by atoms with Crippen molar-refractivity contribution in [1.82, 2.24) is 5.32 Å². The number of nitrogens with zero attached hydrogens (tertiary/aromatic N) is 1. The molecule has 3 nitrogen and oxygen atoms in total. The quantitative estimate of drug-likeness (QED) is 0.853. The highest BCUT2D eigenvalue weighted by Crippen LogP contribution is 2.18. The summed E-state index contributed by atoms with van der Waals surface area (Å²) in [5.74, 6) is 0.723. The van der Waals surface area contributed by atoms with E-state index >= 15 is 0 Å². The number of nitriles is 1. The van der Waals surface area contributed by atoms with Gasteiger partial charge in [0, 0.05) is 17.1 Å². The van der Waals surface area contributed by atoms with Crippen LogP contribution in [0.2, 0.25) is 0 Å². The van der Waals surface area contributed by atoms with Gasteiger partial charge in [-0.05, 0) is 42.3 Å². The number of hydrogen-bond donors (Lipinski definition) is 1. The summed E-state index contributed by atoms with van der Waals surface area (Å²) in [7, 11) is 0. The van der Waals surface area contributed by atoms with Crippen LogP contribution in [-0.2, 0) is 6.54 Å². The zero-order valence-electron chi connectivity index (χ0n) is 11.8. The number of benzene rings is 2. The molecular formula is C17H17BrN2O. The summed E-state index contributed by atoms with van der Waals surface area (Å²) >= 11 is 3.49. The summed E-state index contributed by atoms with van der Waals surface area (Å²) in [6.45, 7) is 3.01. The lowest BCUT2D eigenvalue weighted by Crippen LogP contribution is -2.18. The first-order chi connectivity index (χ1) is 10.2. The van der Waals surface area contributed by atoms with Gasteiger partial charge in [0.15, 0.2) is 6.61 Å². The third-order valence-electron chi connectivity index (χ3n) is 3.19. The van der Waals surface area contributed by atoms with Crippen LogP contribution in [0.1, 0.15) is 24.1 Å². The smallest absolute Gasteiger partial charge is 0.174 e. The van der Waals surface area contributed by atoms with Gasteiger partial charge in [0.2, 0.25) is 0 Å². The van der Waals surface area contributed by atoms with Gasteiger partial charge >= 0.3 is 0 Å². The molecule has 0 heterocycles. The van der Waals surface area contributed by atoms with Gasteiger partial charge in [0.05, 0.1) is 0 Å². The zero-order chi connectivity index (χ0) is 15.1. The van der Waals surface area contributed by atoms with Gasteiger partial charge in [-0.2, -0.15) is 5.26 Å². The topological polar surface area (TPSA) is 45.0 Å². The average Bonchev–Trinajstić information content (AvgIpc) is 2.51. The van der Waals surface area contributed by atoms with E-state index in [0.29, 0.717) is 0 Å². The molecule has 0 amide bonds. The van der Waals surface area contributed by atoms with E-state index in [0.717, 1.165) is 16.8 Å². The Hall–Kier alpha value is -1.83. The van der Waals surface area contributed by atoms with Gasteiger partial charge in [0.1, 0.15) is 11.8 Å². The summed E-state index contributed by atoms with van der Waals surface area (Å²) in [5, 5.41) is 12.0. The van der Waals surface area contributed by atoms with Gasteiger partial charge in [-0.3, -0.25) is 0 Å². The van der Waals surface area contributed by atoms with Crippen LogP contribution in [0.4, 0.5) is 0 Å². The molecule has 0 fully saturated rings. The molecule has 108 valence electrons. The van der Waals surface area contributed by atoms with Crippen LogP contribution in [0.15, 0.2) is 53.0 Å². The SMILES string of the molecule is CC(NCc1ccc(OCC#N)cc1)c1cccc(Br)c1. The normalized spacial score (nSPS) is 11.7. The second-order valence-corrected chi connectivity index (χ2v) is 5.66. The Morgan fingerprint density at radius 1 is 1.24 bits per heavy atom. The van der Waals surface area contributed by atoms with Crippen molar-refractivity contribution >= 4 is 15.9 Å². The molecule has 0 radical (unpaired) electrons. The number of ether oxygens (including phenoxy) is 1. The van der Waals surface area contributed by atoms with E-state index in [9.17, 15) is 0 Å². The monoisotopic (exact) mass is 344 g/mol. The maximum atomic E-state index is 8.47. The predicted molar refractivity (Wildman–Crippen MR) is 86.9 cm³/mol. The van der Waals surface area contributed by atoms with E-state index in [-0.39, 0.29) is 12.6 Å². The van der Waals surface area contributed by atoms with Gasteiger partial charge in [-0.25, -0.2) is 0 Å². The van der Waals surface area contributed by atoms with Crippen LogP contribution in [0, 0.1) is 11.3 Å². The first kappa shape index (κ1) is 15.6. The Morgan fingerprint density at radius 3 is 2.67 bits per heavy atom. The molecular weight excluding hydrogens is 328 g/mol. The fourth-order valence-corrected chi connectivity index (χ4v) is 2.40. The second kappa shape index (κ2) is 7.82. The molecule has 21 heavy (non-hydrogen) atoms. The second-order valence-electron chi connectivity index (χ2n) is 4.75. The summed E-state index contributed by atoms with van der Waals surface area (Å²) in [6, 6.07) is 18.3. The lowest BCUT2D eigenvalue weighted by molar-refractivity contribution is 0.368. The van der Waals surface area contributed by atoms with E-state index in [1.807, 2.05) is 42.5 Å². The summed E-state index contributed by atoms with van der Waals surface area (Å²) in [6.07, 6.45) is 0. The molecule has 0 saturated heterocycles. The van der Waals surface area contributed by atoms with Crippen molar-refractivity contribution in [2.75, 3.05) is 6.61 Å². The zero-order valence-corrected chi connectivity index (χ0v) is 13.4. The van der Waals surface area contributed by atoms with E-state index in [2.05, 4.69) is 40.3 Å². The lowest BCUT2D eigenvalue weighted by atomic mass is 10.1. The minimum absolute atomic E-state index is 0.0809. The summed E-state index contributed by atoms with van der Waals surface area (Å²) in [5.41, 5.74) is 2.43. The molecule has 1 N–H and O–H groups in total. The number of hydrogen-bond acceptors (Lipinski definition) is 3. The first-order valence-electron chi connectivity index (χ1n) is 6.76. The molecule has 1 atom stereocenters. The van der Waals surface area contributed by atoms with Crippen molar-refractivity contribution in [2.45, 2.75) is 19.5 Å². The molecule has 4 heteroatoms. The molecule has 0 aromatic heterocycles. The van der Waals surface area contributed by atoms with Crippen molar-refractivity contribution in [3.05, 3.63) is 64.1 Å². The molecule has 2 aromatic rings. The molecule has 2 aromatic carbocycles. The van der Waals surface area contributed by atoms with Gasteiger partial charge in [0.25, 0.3) is 0 Å². The van der Waals surface area contributed by atoms with Crippen LogP contribution in [-0.4, -0.2) is 6.61 Å². The van der Waals surface area contributed by atoms with Crippen LogP contribution in [0.5, 0.6) is 5.75 Å². The Labute approximate surface area is 133 Å². The van der Waals surface area contributed by atoms with Gasteiger partial charge in [-0.1, -0.05) is 40.2 Å². The summed E-state index contributed by atoms with van der Waals surface area (Å²) in [4.78, 5) is 0. The first-order valence-corrected chi connectivity index (χ1v) is 7.56. The van der Waals surface area contributed by atoms with E-state index in [4.69, 9.17) is 10.00 Å². The van der Waals surface area contributed by atoms with Crippen molar-refractivity contribution in [3.63, 3.8) is 0 Å². The molecule has 0 aliphatic carbocycles. The fourth-order valence-electron chi connectivity index (χ4n) is 1.98. The van der Waals surface area contributed by atoms with Crippen molar-refractivity contribution in [1.29, 1.82) is 5.26 Å². The van der Waals surface area contributed by atoms with Crippen LogP contribution in [0.3, 0.4) is 0 Å². The fraction of sp³-hybridized carbons (Fsp3) is 0.235.